The summed E-state index contributed by atoms with van der Waals surface area (Å²) in [5, 5.41) is 15.3. The van der Waals surface area contributed by atoms with E-state index in [1.165, 1.54) is 5.56 Å². The Kier molecular flexibility index (Phi) is 8.05. The number of nitrogens with zero attached hydrogens (tertiary/aromatic N) is 3. The number of anilines is 1. The lowest BCUT2D eigenvalue weighted by Crippen LogP contribution is -2.35. The summed E-state index contributed by atoms with van der Waals surface area (Å²) in [5.41, 5.74) is 6.10. The molecule has 1 aliphatic heterocycles. The summed E-state index contributed by atoms with van der Waals surface area (Å²) < 4.78 is 8.50. The van der Waals surface area contributed by atoms with E-state index in [2.05, 4.69) is 50.8 Å². The number of aryl methyl sites for hydroxylation is 3. The topological polar surface area (TPSA) is 93.1 Å². The van der Waals surface area contributed by atoms with Gasteiger partial charge in [-0.2, -0.15) is 5.10 Å². The summed E-state index contributed by atoms with van der Waals surface area (Å²) in [6.07, 6.45) is 4.55. The molecule has 2 amide bonds. The van der Waals surface area contributed by atoms with Crippen LogP contribution in [0.15, 0.2) is 28.9 Å². The SMILES string of the molecule is CCc1nc2c(cnn2CC)c(NC2CCOCC2)c1CNC(=O)NCc1ccc(C)c(Br)c1. The summed E-state index contributed by atoms with van der Waals surface area (Å²) >= 11 is 3.55. The number of nitrogens with one attached hydrogen (secondary N) is 3. The number of fused-ring (bicyclic) bond motifs is 1. The molecule has 3 aromatic rings. The number of amides is 2. The minimum absolute atomic E-state index is 0.208. The first-order valence-electron chi connectivity index (χ1n) is 12.0. The van der Waals surface area contributed by atoms with Crippen molar-refractivity contribution in [2.24, 2.45) is 0 Å². The van der Waals surface area contributed by atoms with E-state index in [1.807, 2.05) is 36.0 Å². The summed E-state index contributed by atoms with van der Waals surface area (Å²) in [6.45, 7) is 9.32. The van der Waals surface area contributed by atoms with Gasteiger partial charge in [0.25, 0.3) is 0 Å². The predicted octanol–water partition coefficient (Wildman–Crippen LogP) is 4.67. The van der Waals surface area contributed by atoms with Gasteiger partial charge >= 0.3 is 6.03 Å². The van der Waals surface area contributed by atoms with Crippen LogP contribution in [-0.2, 0) is 30.8 Å². The number of hydrogen-bond acceptors (Lipinski definition) is 5. The molecular weight excluding hydrogens is 496 g/mol. The van der Waals surface area contributed by atoms with Crippen molar-refractivity contribution in [3.63, 3.8) is 0 Å². The molecular formula is C25H33BrN6O2. The molecule has 182 valence electrons. The largest absolute Gasteiger partial charge is 0.381 e. The van der Waals surface area contributed by atoms with Gasteiger partial charge in [0.1, 0.15) is 0 Å². The van der Waals surface area contributed by atoms with Gasteiger partial charge in [-0.05, 0) is 50.3 Å². The zero-order valence-corrected chi connectivity index (χ0v) is 21.7. The molecule has 2 aromatic heterocycles. The first-order valence-corrected chi connectivity index (χ1v) is 12.8. The van der Waals surface area contributed by atoms with E-state index in [4.69, 9.17) is 9.72 Å². The van der Waals surface area contributed by atoms with Crippen LogP contribution in [0.2, 0.25) is 0 Å². The van der Waals surface area contributed by atoms with Gasteiger partial charge < -0.3 is 20.7 Å². The number of ether oxygens (including phenoxy) is 1. The van der Waals surface area contributed by atoms with Crippen molar-refractivity contribution in [3.05, 3.63) is 51.3 Å². The zero-order valence-electron chi connectivity index (χ0n) is 20.1. The fourth-order valence-electron chi connectivity index (χ4n) is 4.26. The number of pyridine rings is 1. The third kappa shape index (κ3) is 5.52. The Morgan fingerprint density at radius 2 is 1.97 bits per heavy atom. The number of halogens is 1. The van der Waals surface area contributed by atoms with Gasteiger partial charge in [-0.1, -0.05) is 35.0 Å². The minimum atomic E-state index is -0.208. The maximum Gasteiger partial charge on any atom is 0.315 e. The maximum atomic E-state index is 12.6. The molecule has 0 spiro atoms. The monoisotopic (exact) mass is 528 g/mol. The van der Waals surface area contributed by atoms with E-state index in [-0.39, 0.29) is 6.03 Å². The molecule has 34 heavy (non-hydrogen) atoms. The average Bonchev–Trinajstić information content (AvgIpc) is 3.27. The first-order chi connectivity index (χ1) is 16.5. The van der Waals surface area contributed by atoms with Gasteiger partial charge in [-0.15, -0.1) is 0 Å². The molecule has 1 aromatic carbocycles. The Hall–Kier alpha value is -2.65. The van der Waals surface area contributed by atoms with Crippen LogP contribution < -0.4 is 16.0 Å². The number of rotatable bonds is 8. The maximum absolute atomic E-state index is 12.6. The molecule has 8 nitrogen and oxygen atoms in total. The van der Waals surface area contributed by atoms with E-state index in [0.29, 0.717) is 19.1 Å². The molecule has 3 N–H and O–H groups in total. The summed E-state index contributed by atoms with van der Waals surface area (Å²) in [5.74, 6) is 0. The van der Waals surface area contributed by atoms with Crippen LogP contribution in [0.1, 0.15) is 49.1 Å². The van der Waals surface area contributed by atoms with Crippen molar-refractivity contribution in [3.8, 4) is 0 Å². The van der Waals surface area contributed by atoms with Crippen molar-refractivity contribution in [2.75, 3.05) is 18.5 Å². The second kappa shape index (κ2) is 11.2. The number of urea groups is 1. The van der Waals surface area contributed by atoms with Gasteiger partial charge in [0.15, 0.2) is 5.65 Å². The van der Waals surface area contributed by atoms with E-state index < -0.39 is 0 Å². The molecule has 1 saturated heterocycles. The number of hydrogen-bond donors (Lipinski definition) is 3. The highest BCUT2D eigenvalue weighted by atomic mass is 79.9. The highest BCUT2D eigenvalue weighted by Gasteiger charge is 2.22. The van der Waals surface area contributed by atoms with Crippen LogP contribution in [0, 0.1) is 6.92 Å². The van der Waals surface area contributed by atoms with E-state index in [9.17, 15) is 4.79 Å². The highest BCUT2D eigenvalue weighted by molar-refractivity contribution is 9.10. The normalized spacial score (nSPS) is 14.4. The Labute approximate surface area is 209 Å². The average molecular weight is 529 g/mol. The van der Waals surface area contributed by atoms with E-state index in [1.54, 1.807) is 0 Å². The minimum Gasteiger partial charge on any atom is -0.381 e. The standard InChI is InChI=1S/C25H33BrN6O2/c1-4-22-19(14-28-25(33)27-13-17-7-6-16(3)21(26)12-17)23(30-18-8-10-34-11-9-18)20-15-29-32(5-2)24(20)31-22/h6-7,12,15,18H,4-5,8-11,13-14H2,1-3H3,(H,30,31)(H2,27,28,33). The van der Waals surface area contributed by atoms with Gasteiger partial charge in [0, 0.05) is 54.6 Å². The van der Waals surface area contributed by atoms with E-state index >= 15 is 0 Å². The molecule has 1 fully saturated rings. The van der Waals surface area contributed by atoms with Crippen LogP contribution in [0.4, 0.5) is 10.5 Å². The van der Waals surface area contributed by atoms with Crippen molar-refractivity contribution >= 4 is 38.7 Å². The lowest BCUT2D eigenvalue weighted by Gasteiger charge is -2.26. The Bertz CT molecular complexity index is 1160. The second-order valence-electron chi connectivity index (χ2n) is 8.61. The van der Waals surface area contributed by atoms with E-state index in [0.717, 1.165) is 77.0 Å². The van der Waals surface area contributed by atoms with Gasteiger partial charge in [0.2, 0.25) is 0 Å². The van der Waals surface area contributed by atoms with Gasteiger partial charge in [-0.3, -0.25) is 0 Å². The third-order valence-electron chi connectivity index (χ3n) is 6.29. The van der Waals surface area contributed by atoms with Crippen molar-refractivity contribution < 1.29 is 9.53 Å². The Morgan fingerprint density at radius 1 is 1.21 bits per heavy atom. The molecule has 0 unspecified atom stereocenters. The molecule has 0 saturated carbocycles. The number of aromatic nitrogens is 3. The number of carbonyl (C=O) groups excluding carboxylic acids is 1. The quantitative estimate of drug-likeness (QED) is 0.394. The highest BCUT2D eigenvalue weighted by Crippen LogP contribution is 2.31. The predicted molar refractivity (Wildman–Crippen MR) is 138 cm³/mol. The van der Waals surface area contributed by atoms with Crippen LogP contribution in [0.25, 0.3) is 11.0 Å². The molecule has 9 heteroatoms. The number of benzene rings is 1. The van der Waals surface area contributed by atoms with Crippen LogP contribution in [0.3, 0.4) is 0 Å². The summed E-state index contributed by atoms with van der Waals surface area (Å²) in [6, 6.07) is 6.21. The molecule has 4 rings (SSSR count). The fraction of sp³-hybridized carbons (Fsp3) is 0.480. The molecule has 0 bridgehead atoms. The van der Waals surface area contributed by atoms with Crippen LogP contribution in [0.5, 0.6) is 0 Å². The second-order valence-corrected chi connectivity index (χ2v) is 9.47. The number of carbonyl (C=O) groups is 1. The van der Waals surface area contributed by atoms with Gasteiger partial charge in [-0.25, -0.2) is 14.5 Å². The molecule has 0 atom stereocenters. The fourth-order valence-corrected chi connectivity index (χ4v) is 4.69. The van der Waals surface area contributed by atoms with Crippen LogP contribution in [-0.4, -0.2) is 40.1 Å². The first kappa shape index (κ1) is 24.5. The molecule has 1 aliphatic rings. The molecule has 0 aliphatic carbocycles. The smallest absolute Gasteiger partial charge is 0.315 e. The summed E-state index contributed by atoms with van der Waals surface area (Å²) in [4.78, 5) is 17.6. The van der Waals surface area contributed by atoms with Crippen LogP contribution >= 0.6 is 15.9 Å². The Morgan fingerprint density at radius 3 is 2.68 bits per heavy atom. The van der Waals surface area contributed by atoms with Gasteiger partial charge in [0.05, 0.1) is 17.3 Å². The summed E-state index contributed by atoms with van der Waals surface area (Å²) in [7, 11) is 0. The van der Waals surface area contributed by atoms with Crippen molar-refractivity contribution in [2.45, 2.75) is 65.7 Å². The van der Waals surface area contributed by atoms with Crippen molar-refractivity contribution in [1.82, 2.24) is 25.4 Å². The third-order valence-corrected chi connectivity index (χ3v) is 7.15. The molecule has 3 heterocycles. The van der Waals surface area contributed by atoms with Crippen molar-refractivity contribution in [1.29, 1.82) is 0 Å². The lowest BCUT2D eigenvalue weighted by atomic mass is 10.0. The lowest BCUT2D eigenvalue weighted by molar-refractivity contribution is 0.0904. The molecule has 0 radical (unpaired) electrons. The Balaban J connectivity index is 1.54. The zero-order chi connectivity index (χ0) is 24.1.